The van der Waals surface area contributed by atoms with Gasteiger partial charge in [-0.3, -0.25) is 10.1 Å². The number of hydrogen-bond acceptors (Lipinski definition) is 9. The summed E-state index contributed by atoms with van der Waals surface area (Å²) in [7, 11) is 0. The highest BCUT2D eigenvalue weighted by molar-refractivity contribution is 5.79. The molecule has 4 aromatic rings. The van der Waals surface area contributed by atoms with Crippen LogP contribution in [0.1, 0.15) is 11.1 Å². The Kier molecular flexibility index (Phi) is 6.76. The predicted molar refractivity (Wildman–Crippen MR) is 128 cm³/mol. The minimum absolute atomic E-state index is 0.000909. The number of nitro benzene ring substituents is 1. The second-order valence-corrected chi connectivity index (χ2v) is 6.86. The highest BCUT2D eigenvalue weighted by atomic mass is 16.6. The Hall–Kier alpha value is -4.86. The van der Waals surface area contributed by atoms with Crippen molar-refractivity contribution in [2.75, 3.05) is 16.1 Å². The van der Waals surface area contributed by atoms with Gasteiger partial charge >= 0.3 is 0 Å². The van der Waals surface area contributed by atoms with Crippen molar-refractivity contribution in [3.05, 3.63) is 106 Å². The number of hydrazone groups is 1. The fourth-order valence-electron chi connectivity index (χ4n) is 2.84. The van der Waals surface area contributed by atoms with Gasteiger partial charge in [-0.1, -0.05) is 60.7 Å². The largest absolute Gasteiger partial charge is 0.350 e. The van der Waals surface area contributed by atoms with Crippen LogP contribution in [0.4, 0.5) is 29.2 Å². The fraction of sp³-hybridized carbons (Fsp3) is 0.0435. The average molecular weight is 440 g/mol. The van der Waals surface area contributed by atoms with E-state index in [4.69, 9.17) is 0 Å². The van der Waals surface area contributed by atoms with E-state index < -0.39 is 4.92 Å². The molecule has 0 saturated carbocycles. The molecule has 0 spiro atoms. The molecule has 10 heteroatoms. The molecule has 0 bridgehead atoms. The molecule has 3 N–H and O–H groups in total. The van der Waals surface area contributed by atoms with Crippen molar-refractivity contribution in [1.29, 1.82) is 0 Å². The smallest absolute Gasteiger partial charge is 0.269 e. The maximum Gasteiger partial charge on any atom is 0.269 e. The first-order valence-electron chi connectivity index (χ1n) is 10.1. The number of anilines is 4. The first-order valence-corrected chi connectivity index (χ1v) is 10.1. The van der Waals surface area contributed by atoms with Gasteiger partial charge in [-0.05, 0) is 23.3 Å². The summed E-state index contributed by atoms with van der Waals surface area (Å²) in [6, 6.07) is 25.4. The van der Waals surface area contributed by atoms with Crippen molar-refractivity contribution in [2.24, 2.45) is 5.10 Å². The SMILES string of the molecule is O=[N+]([O-])c1ccc(Nc2nc(NCc3ccccc3)nc(N/N=C/c3ccccc3)n2)cc1. The quantitative estimate of drug-likeness (QED) is 0.196. The van der Waals surface area contributed by atoms with E-state index in [1.807, 2.05) is 60.7 Å². The van der Waals surface area contributed by atoms with Crippen LogP contribution in [0.5, 0.6) is 0 Å². The molecular weight excluding hydrogens is 420 g/mol. The molecule has 164 valence electrons. The minimum Gasteiger partial charge on any atom is -0.350 e. The van der Waals surface area contributed by atoms with Gasteiger partial charge in [-0.2, -0.15) is 20.1 Å². The molecule has 3 aromatic carbocycles. The van der Waals surface area contributed by atoms with Crippen LogP contribution < -0.4 is 16.1 Å². The molecule has 4 rings (SSSR count). The summed E-state index contributed by atoms with van der Waals surface area (Å²) in [6.07, 6.45) is 1.66. The lowest BCUT2D eigenvalue weighted by Gasteiger charge is -2.10. The van der Waals surface area contributed by atoms with Gasteiger partial charge in [-0.15, -0.1) is 0 Å². The molecule has 0 aliphatic carbocycles. The number of nitrogens with one attached hydrogen (secondary N) is 3. The first-order chi connectivity index (χ1) is 16.2. The molecule has 0 aliphatic heterocycles. The molecule has 0 aliphatic rings. The predicted octanol–water partition coefficient (Wildman–Crippen LogP) is 4.58. The fourth-order valence-corrected chi connectivity index (χ4v) is 2.84. The van der Waals surface area contributed by atoms with Gasteiger partial charge < -0.3 is 10.6 Å². The van der Waals surface area contributed by atoms with Crippen molar-refractivity contribution in [1.82, 2.24) is 15.0 Å². The molecule has 33 heavy (non-hydrogen) atoms. The zero-order chi connectivity index (χ0) is 22.9. The molecule has 0 fully saturated rings. The van der Waals surface area contributed by atoms with E-state index in [9.17, 15) is 10.1 Å². The summed E-state index contributed by atoms with van der Waals surface area (Å²) >= 11 is 0. The summed E-state index contributed by atoms with van der Waals surface area (Å²) in [5.74, 6) is 0.833. The third-order valence-corrected chi connectivity index (χ3v) is 4.44. The van der Waals surface area contributed by atoms with Crippen molar-refractivity contribution in [3.8, 4) is 0 Å². The molecule has 0 unspecified atom stereocenters. The van der Waals surface area contributed by atoms with Gasteiger partial charge in [0, 0.05) is 24.4 Å². The topological polar surface area (TPSA) is 130 Å². The van der Waals surface area contributed by atoms with Gasteiger partial charge in [0.25, 0.3) is 5.69 Å². The molecular formula is C23H20N8O2. The molecule has 0 radical (unpaired) electrons. The summed E-state index contributed by atoms with van der Waals surface area (Å²) in [4.78, 5) is 23.5. The van der Waals surface area contributed by atoms with E-state index in [-0.39, 0.29) is 17.6 Å². The monoisotopic (exact) mass is 440 g/mol. The van der Waals surface area contributed by atoms with Gasteiger partial charge in [0.15, 0.2) is 0 Å². The van der Waals surface area contributed by atoms with Gasteiger partial charge in [0.1, 0.15) is 0 Å². The highest BCUT2D eigenvalue weighted by Gasteiger charge is 2.09. The number of nitro groups is 1. The second-order valence-electron chi connectivity index (χ2n) is 6.86. The Bertz CT molecular complexity index is 1230. The van der Waals surface area contributed by atoms with E-state index in [0.29, 0.717) is 18.2 Å². The molecule has 0 atom stereocenters. The lowest BCUT2D eigenvalue weighted by molar-refractivity contribution is -0.384. The maximum absolute atomic E-state index is 10.9. The number of nitrogens with zero attached hydrogens (tertiary/aromatic N) is 5. The Labute approximate surface area is 189 Å². The van der Waals surface area contributed by atoms with E-state index in [1.165, 1.54) is 12.1 Å². The number of aromatic nitrogens is 3. The standard InChI is InChI=1S/C23H20N8O2/c32-31(33)20-13-11-19(12-14-20)26-22-27-21(24-15-17-7-3-1-4-8-17)28-23(29-22)30-25-16-18-9-5-2-6-10-18/h1-14,16H,15H2,(H3,24,26,27,28,29,30)/b25-16+. The van der Waals surface area contributed by atoms with Crippen LogP contribution >= 0.6 is 0 Å². The summed E-state index contributed by atoms with van der Waals surface area (Å²) < 4.78 is 0. The van der Waals surface area contributed by atoms with Crippen LogP contribution in [0.15, 0.2) is 90.0 Å². The molecule has 1 aromatic heterocycles. The van der Waals surface area contributed by atoms with E-state index in [1.54, 1.807) is 18.3 Å². The van der Waals surface area contributed by atoms with Crippen molar-refractivity contribution >= 4 is 35.4 Å². The van der Waals surface area contributed by atoms with E-state index >= 15 is 0 Å². The average Bonchev–Trinajstić information content (AvgIpc) is 2.84. The summed E-state index contributed by atoms with van der Waals surface area (Å²) in [5, 5.41) is 21.3. The van der Waals surface area contributed by atoms with Gasteiger partial charge in [0.2, 0.25) is 17.8 Å². The number of benzene rings is 3. The van der Waals surface area contributed by atoms with Crippen molar-refractivity contribution < 1.29 is 4.92 Å². The number of rotatable bonds is 9. The van der Waals surface area contributed by atoms with Crippen molar-refractivity contribution in [3.63, 3.8) is 0 Å². The van der Waals surface area contributed by atoms with Crippen LogP contribution in [0, 0.1) is 10.1 Å². The van der Waals surface area contributed by atoms with Crippen LogP contribution in [-0.4, -0.2) is 26.1 Å². The van der Waals surface area contributed by atoms with Crippen LogP contribution in [0.2, 0.25) is 0 Å². The Morgan fingerprint density at radius 1 is 0.818 bits per heavy atom. The third-order valence-electron chi connectivity index (χ3n) is 4.44. The van der Waals surface area contributed by atoms with Crippen LogP contribution in [-0.2, 0) is 6.54 Å². The summed E-state index contributed by atoms with van der Waals surface area (Å²) in [5.41, 5.74) is 5.41. The molecule has 0 saturated heterocycles. The van der Waals surface area contributed by atoms with Gasteiger partial charge in [0.05, 0.1) is 11.1 Å². The second kappa shape index (κ2) is 10.4. The van der Waals surface area contributed by atoms with Gasteiger partial charge in [-0.25, -0.2) is 5.43 Å². The number of non-ortho nitro benzene ring substituents is 1. The Morgan fingerprint density at radius 2 is 1.45 bits per heavy atom. The molecule has 10 nitrogen and oxygen atoms in total. The minimum atomic E-state index is -0.453. The van der Waals surface area contributed by atoms with Crippen molar-refractivity contribution in [2.45, 2.75) is 6.54 Å². The first kappa shape index (κ1) is 21.4. The van der Waals surface area contributed by atoms with Crippen LogP contribution in [0.3, 0.4) is 0 Å². The highest BCUT2D eigenvalue weighted by Crippen LogP contribution is 2.19. The normalized spacial score (nSPS) is 10.7. The lowest BCUT2D eigenvalue weighted by atomic mass is 10.2. The Balaban J connectivity index is 1.53. The zero-order valence-corrected chi connectivity index (χ0v) is 17.4. The molecule has 0 amide bonds. The van der Waals surface area contributed by atoms with E-state index in [0.717, 1.165) is 11.1 Å². The maximum atomic E-state index is 10.9. The summed E-state index contributed by atoms with van der Waals surface area (Å²) in [6.45, 7) is 0.522. The lowest BCUT2D eigenvalue weighted by Crippen LogP contribution is -2.09. The Morgan fingerprint density at radius 3 is 2.15 bits per heavy atom. The molecule has 1 heterocycles. The third kappa shape index (κ3) is 6.31. The van der Waals surface area contributed by atoms with Crippen LogP contribution in [0.25, 0.3) is 0 Å². The zero-order valence-electron chi connectivity index (χ0n) is 17.4. The number of hydrogen-bond donors (Lipinski definition) is 3. The van der Waals surface area contributed by atoms with E-state index in [2.05, 4.69) is 36.1 Å².